The minimum absolute atomic E-state index is 0.244. The Morgan fingerprint density at radius 2 is 1.59 bits per heavy atom. The normalized spacial score (nSPS) is 17.8. The van der Waals surface area contributed by atoms with Crippen LogP contribution in [0.3, 0.4) is 0 Å². The SMILES string of the molecule is CCNC(C)C(C)(CC)N(CC(C)C)C(C)C. The van der Waals surface area contributed by atoms with E-state index in [0.29, 0.717) is 12.1 Å². The zero-order valence-electron chi connectivity index (χ0n) is 13.3. The smallest absolute Gasteiger partial charge is 0.0331 e. The molecule has 2 unspecified atom stereocenters. The van der Waals surface area contributed by atoms with Crippen molar-refractivity contribution in [2.45, 2.75) is 79.4 Å². The van der Waals surface area contributed by atoms with Crippen LogP contribution in [0.2, 0.25) is 0 Å². The summed E-state index contributed by atoms with van der Waals surface area (Å²) in [7, 11) is 0. The second-order valence-corrected chi connectivity index (χ2v) is 6.13. The van der Waals surface area contributed by atoms with Crippen LogP contribution in [0.25, 0.3) is 0 Å². The molecule has 0 fully saturated rings. The maximum absolute atomic E-state index is 3.60. The van der Waals surface area contributed by atoms with Crippen LogP contribution in [0.1, 0.15) is 61.8 Å². The van der Waals surface area contributed by atoms with E-state index >= 15 is 0 Å². The Morgan fingerprint density at radius 3 is 1.88 bits per heavy atom. The first-order valence-corrected chi connectivity index (χ1v) is 7.29. The fourth-order valence-corrected chi connectivity index (χ4v) is 2.69. The molecule has 0 spiro atoms. The van der Waals surface area contributed by atoms with Gasteiger partial charge in [-0.05, 0) is 46.6 Å². The quantitative estimate of drug-likeness (QED) is 0.700. The second kappa shape index (κ2) is 7.38. The summed E-state index contributed by atoms with van der Waals surface area (Å²) in [6.07, 6.45) is 1.19. The van der Waals surface area contributed by atoms with Gasteiger partial charge in [-0.3, -0.25) is 4.90 Å². The lowest BCUT2D eigenvalue weighted by molar-refractivity contribution is 0.0280. The highest BCUT2D eigenvalue weighted by Crippen LogP contribution is 2.27. The topological polar surface area (TPSA) is 15.3 Å². The Balaban J connectivity index is 4.97. The van der Waals surface area contributed by atoms with Gasteiger partial charge in [-0.25, -0.2) is 0 Å². The number of hydrogen-bond acceptors (Lipinski definition) is 2. The zero-order chi connectivity index (χ0) is 13.6. The average Bonchev–Trinajstić information content (AvgIpc) is 2.24. The molecule has 2 atom stereocenters. The molecule has 0 aromatic rings. The van der Waals surface area contributed by atoms with Gasteiger partial charge in [0.1, 0.15) is 0 Å². The highest BCUT2D eigenvalue weighted by Gasteiger charge is 2.36. The Hall–Kier alpha value is -0.0800. The Morgan fingerprint density at radius 1 is 1.06 bits per heavy atom. The van der Waals surface area contributed by atoms with E-state index in [-0.39, 0.29) is 5.54 Å². The summed E-state index contributed by atoms with van der Waals surface area (Å²) in [5, 5.41) is 3.60. The standard InChI is InChI=1S/C15H34N2/c1-9-15(8,14(7)16-10-2)17(13(5)6)11-12(3)4/h12-14,16H,9-11H2,1-8H3. The van der Waals surface area contributed by atoms with Crippen molar-refractivity contribution < 1.29 is 0 Å². The number of nitrogens with zero attached hydrogens (tertiary/aromatic N) is 1. The van der Waals surface area contributed by atoms with Gasteiger partial charge in [0.05, 0.1) is 0 Å². The largest absolute Gasteiger partial charge is 0.313 e. The van der Waals surface area contributed by atoms with E-state index in [0.717, 1.165) is 12.5 Å². The van der Waals surface area contributed by atoms with Crippen molar-refractivity contribution in [3.8, 4) is 0 Å². The van der Waals surface area contributed by atoms with Gasteiger partial charge < -0.3 is 5.32 Å². The molecular formula is C15H34N2. The van der Waals surface area contributed by atoms with Gasteiger partial charge in [-0.2, -0.15) is 0 Å². The van der Waals surface area contributed by atoms with Gasteiger partial charge in [-0.1, -0.05) is 27.7 Å². The van der Waals surface area contributed by atoms with Crippen molar-refractivity contribution in [1.29, 1.82) is 0 Å². The molecule has 0 aromatic carbocycles. The second-order valence-electron chi connectivity index (χ2n) is 6.13. The molecule has 0 bridgehead atoms. The molecule has 0 aliphatic rings. The maximum Gasteiger partial charge on any atom is 0.0331 e. The number of rotatable bonds is 8. The van der Waals surface area contributed by atoms with Crippen molar-refractivity contribution in [1.82, 2.24) is 10.2 Å². The van der Waals surface area contributed by atoms with Crippen molar-refractivity contribution in [2.24, 2.45) is 5.92 Å². The lowest BCUT2D eigenvalue weighted by Gasteiger charge is -2.48. The van der Waals surface area contributed by atoms with E-state index in [4.69, 9.17) is 0 Å². The van der Waals surface area contributed by atoms with Gasteiger partial charge in [-0.15, -0.1) is 0 Å². The predicted molar refractivity (Wildman–Crippen MR) is 78.5 cm³/mol. The van der Waals surface area contributed by atoms with Crippen LogP contribution in [0.5, 0.6) is 0 Å². The molecule has 2 heteroatoms. The molecule has 2 nitrogen and oxygen atoms in total. The van der Waals surface area contributed by atoms with Crippen molar-refractivity contribution in [3.05, 3.63) is 0 Å². The molecule has 1 N–H and O–H groups in total. The third kappa shape index (κ3) is 4.59. The summed E-state index contributed by atoms with van der Waals surface area (Å²) in [4.78, 5) is 2.67. The molecule has 0 saturated heterocycles. The molecule has 104 valence electrons. The summed E-state index contributed by atoms with van der Waals surface area (Å²) in [6.45, 7) is 20.7. The average molecular weight is 242 g/mol. The van der Waals surface area contributed by atoms with Crippen molar-refractivity contribution in [3.63, 3.8) is 0 Å². The number of likely N-dealkylation sites (N-methyl/N-ethyl adjacent to an activating group) is 1. The highest BCUT2D eigenvalue weighted by atomic mass is 15.2. The summed E-state index contributed by atoms with van der Waals surface area (Å²) in [5.41, 5.74) is 0.244. The van der Waals surface area contributed by atoms with Gasteiger partial charge in [0.15, 0.2) is 0 Å². The van der Waals surface area contributed by atoms with E-state index in [9.17, 15) is 0 Å². The molecule has 0 saturated carbocycles. The molecule has 0 rings (SSSR count). The minimum atomic E-state index is 0.244. The van der Waals surface area contributed by atoms with Crippen molar-refractivity contribution >= 4 is 0 Å². The van der Waals surface area contributed by atoms with Crippen LogP contribution in [0.15, 0.2) is 0 Å². The van der Waals surface area contributed by atoms with Crippen LogP contribution in [-0.4, -0.2) is 35.6 Å². The Bertz CT molecular complexity index is 201. The summed E-state index contributed by atoms with van der Waals surface area (Å²) in [6, 6.07) is 1.13. The minimum Gasteiger partial charge on any atom is -0.313 e. The Labute approximate surface area is 109 Å². The van der Waals surface area contributed by atoms with Crippen LogP contribution >= 0.6 is 0 Å². The first kappa shape index (κ1) is 16.9. The predicted octanol–water partition coefficient (Wildman–Crippen LogP) is 3.52. The zero-order valence-corrected chi connectivity index (χ0v) is 13.3. The molecule has 0 aromatic heterocycles. The monoisotopic (exact) mass is 242 g/mol. The summed E-state index contributed by atoms with van der Waals surface area (Å²) in [5.74, 6) is 0.720. The highest BCUT2D eigenvalue weighted by molar-refractivity contribution is 4.95. The lowest BCUT2D eigenvalue weighted by atomic mass is 9.86. The number of hydrogen-bond donors (Lipinski definition) is 1. The first-order chi connectivity index (χ1) is 7.79. The van der Waals surface area contributed by atoms with E-state index < -0.39 is 0 Å². The van der Waals surface area contributed by atoms with E-state index in [2.05, 4.69) is 65.6 Å². The fourth-order valence-electron chi connectivity index (χ4n) is 2.69. The van der Waals surface area contributed by atoms with Crippen molar-refractivity contribution in [2.75, 3.05) is 13.1 Å². The van der Waals surface area contributed by atoms with Crippen LogP contribution in [-0.2, 0) is 0 Å². The summed E-state index contributed by atoms with van der Waals surface area (Å²) < 4.78 is 0. The number of nitrogens with one attached hydrogen (secondary N) is 1. The van der Waals surface area contributed by atoms with Gasteiger partial charge >= 0.3 is 0 Å². The fraction of sp³-hybridized carbons (Fsp3) is 1.00. The molecule has 0 radical (unpaired) electrons. The Kier molecular flexibility index (Phi) is 7.34. The van der Waals surface area contributed by atoms with E-state index in [1.165, 1.54) is 13.0 Å². The third-order valence-electron chi connectivity index (χ3n) is 4.00. The third-order valence-corrected chi connectivity index (χ3v) is 4.00. The molecule has 0 heterocycles. The molecule has 0 aliphatic heterocycles. The lowest BCUT2D eigenvalue weighted by Crippen LogP contribution is -2.61. The molecular weight excluding hydrogens is 208 g/mol. The molecule has 0 amide bonds. The van der Waals surface area contributed by atoms with Crippen LogP contribution in [0.4, 0.5) is 0 Å². The van der Waals surface area contributed by atoms with E-state index in [1.54, 1.807) is 0 Å². The van der Waals surface area contributed by atoms with Gasteiger partial charge in [0.25, 0.3) is 0 Å². The summed E-state index contributed by atoms with van der Waals surface area (Å²) >= 11 is 0. The molecule has 17 heavy (non-hydrogen) atoms. The van der Waals surface area contributed by atoms with Crippen LogP contribution in [0, 0.1) is 5.92 Å². The van der Waals surface area contributed by atoms with E-state index in [1.807, 2.05) is 0 Å². The molecule has 0 aliphatic carbocycles. The maximum atomic E-state index is 3.60. The van der Waals surface area contributed by atoms with Crippen LogP contribution < -0.4 is 5.32 Å². The first-order valence-electron chi connectivity index (χ1n) is 7.29. The van der Waals surface area contributed by atoms with Gasteiger partial charge in [0, 0.05) is 24.2 Å². The van der Waals surface area contributed by atoms with Gasteiger partial charge in [0.2, 0.25) is 0 Å².